The molecule has 5 heteroatoms. The summed E-state index contributed by atoms with van der Waals surface area (Å²) in [7, 11) is 0. The first kappa shape index (κ1) is 11.0. The normalized spacial score (nSPS) is 11.0. The zero-order valence-electron chi connectivity index (χ0n) is 9.76. The summed E-state index contributed by atoms with van der Waals surface area (Å²) in [6.07, 6.45) is 1.70. The predicted octanol–water partition coefficient (Wildman–Crippen LogP) is 2.94. The highest BCUT2D eigenvalue weighted by Crippen LogP contribution is 2.23. The Balaban J connectivity index is 2.26. The third kappa shape index (κ3) is 1.71. The molecule has 4 nitrogen and oxygen atoms in total. The molecule has 0 saturated heterocycles. The molecule has 90 valence electrons. The Labute approximate surface area is 109 Å². The van der Waals surface area contributed by atoms with Gasteiger partial charge in [-0.3, -0.25) is 0 Å². The number of aryl methyl sites for hydroxylation is 1. The molecule has 3 rings (SSSR count). The molecular formula is C13H11ClN4. The van der Waals surface area contributed by atoms with E-state index in [4.69, 9.17) is 17.3 Å². The molecule has 0 aliphatic carbocycles. The molecule has 0 amide bonds. The lowest BCUT2D eigenvalue weighted by atomic mass is 10.1. The number of fused-ring (bicyclic) bond motifs is 1. The van der Waals surface area contributed by atoms with Crippen LogP contribution in [-0.4, -0.2) is 14.6 Å². The average molecular weight is 259 g/mol. The Bertz CT molecular complexity index is 733. The molecule has 0 saturated carbocycles. The molecule has 0 fully saturated rings. The molecule has 2 N–H and O–H groups in total. The molecule has 1 aromatic carbocycles. The van der Waals surface area contributed by atoms with Crippen molar-refractivity contribution in [3.05, 3.63) is 47.1 Å². The van der Waals surface area contributed by atoms with Gasteiger partial charge in [0, 0.05) is 11.8 Å². The quantitative estimate of drug-likeness (QED) is 0.730. The van der Waals surface area contributed by atoms with E-state index >= 15 is 0 Å². The fraction of sp³-hybridized carbons (Fsp3) is 0.0769. The largest absolute Gasteiger partial charge is 0.396 e. The fourth-order valence-corrected chi connectivity index (χ4v) is 2.13. The molecule has 2 heterocycles. The van der Waals surface area contributed by atoms with Crippen molar-refractivity contribution in [3.8, 4) is 11.4 Å². The van der Waals surface area contributed by atoms with Crippen LogP contribution in [0.2, 0.25) is 5.02 Å². The maximum Gasteiger partial charge on any atom is 0.182 e. The van der Waals surface area contributed by atoms with E-state index in [-0.39, 0.29) is 0 Å². The predicted molar refractivity (Wildman–Crippen MR) is 72.6 cm³/mol. The number of aromatic nitrogens is 3. The minimum atomic E-state index is 0.523. The van der Waals surface area contributed by atoms with Crippen LogP contribution in [0.1, 0.15) is 5.56 Å². The highest BCUT2D eigenvalue weighted by atomic mass is 35.5. The van der Waals surface area contributed by atoms with Gasteiger partial charge in [-0.05, 0) is 18.6 Å². The number of anilines is 1. The fourth-order valence-electron chi connectivity index (χ4n) is 1.92. The molecule has 0 radical (unpaired) electrons. The number of nitrogens with zero attached hydrogens (tertiary/aromatic N) is 3. The molecular weight excluding hydrogens is 248 g/mol. The third-order valence-corrected chi connectivity index (χ3v) is 3.02. The van der Waals surface area contributed by atoms with Crippen molar-refractivity contribution in [3.63, 3.8) is 0 Å². The number of hydrogen-bond donors (Lipinski definition) is 1. The van der Waals surface area contributed by atoms with Crippen LogP contribution < -0.4 is 5.73 Å². The van der Waals surface area contributed by atoms with E-state index in [1.807, 2.05) is 31.2 Å². The van der Waals surface area contributed by atoms with Crippen LogP contribution in [0.5, 0.6) is 0 Å². The molecule has 0 spiro atoms. The lowest BCUT2D eigenvalue weighted by molar-refractivity contribution is 0.966. The Morgan fingerprint density at radius 2 is 2.06 bits per heavy atom. The Morgan fingerprint density at radius 3 is 2.83 bits per heavy atom. The molecule has 2 aromatic heterocycles. The van der Waals surface area contributed by atoms with E-state index in [0.29, 0.717) is 22.2 Å². The standard InChI is InChI=1S/C13H11ClN4/c1-8-4-2-3-5-10(8)12-16-13-11(15)6-9(14)7-18(13)17-12/h2-7H,15H2,1H3. The second-order valence-electron chi connectivity index (χ2n) is 4.13. The smallest absolute Gasteiger partial charge is 0.182 e. The first-order valence-electron chi connectivity index (χ1n) is 5.52. The van der Waals surface area contributed by atoms with Gasteiger partial charge >= 0.3 is 0 Å². The van der Waals surface area contributed by atoms with Crippen molar-refractivity contribution < 1.29 is 0 Å². The second kappa shape index (κ2) is 3.99. The van der Waals surface area contributed by atoms with E-state index in [9.17, 15) is 0 Å². The van der Waals surface area contributed by atoms with Crippen molar-refractivity contribution in [2.45, 2.75) is 6.92 Å². The Hall–Kier alpha value is -2.07. The van der Waals surface area contributed by atoms with Gasteiger partial charge < -0.3 is 5.73 Å². The van der Waals surface area contributed by atoms with Crippen molar-refractivity contribution in [2.75, 3.05) is 5.73 Å². The first-order chi connectivity index (χ1) is 8.65. The van der Waals surface area contributed by atoms with Gasteiger partial charge in [0.2, 0.25) is 0 Å². The number of benzene rings is 1. The summed E-state index contributed by atoms with van der Waals surface area (Å²) in [4.78, 5) is 4.45. The van der Waals surface area contributed by atoms with Crippen LogP contribution in [0.25, 0.3) is 17.0 Å². The average Bonchev–Trinajstić information content (AvgIpc) is 2.73. The lowest BCUT2D eigenvalue weighted by Crippen LogP contribution is -1.93. The Kier molecular flexibility index (Phi) is 2.45. The number of nitrogens with two attached hydrogens (primary N) is 1. The van der Waals surface area contributed by atoms with E-state index in [1.165, 1.54) is 0 Å². The zero-order chi connectivity index (χ0) is 12.7. The van der Waals surface area contributed by atoms with Crippen LogP contribution in [-0.2, 0) is 0 Å². The number of halogens is 1. The zero-order valence-corrected chi connectivity index (χ0v) is 10.5. The van der Waals surface area contributed by atoms with Gasteiger partial charge in [-0.25, -0.2) is 9.50 Å². The minimum Gasteiger partial charge on any atom is -0.396 e. The number of nitrogen functional groups attached to an aromatic ring is 1. The van der Waals surface area contributed by atoms with Crippen molar-refractivity contribution in [1.29, 1.82) is 0 Å². The molecule has 0 bridgehead atoms. The van der Waals surface area contributed by atoms with Crippen molar-refractivity contribution >= 4 is 22.9 Å². The topological polar surface area (TPSA) is 56.2 Å². The second-order valence-corrected chi connectivity index (χ2v) is 4.57. The van der Waals surface area contributed by atoms with Crippen molar-refractivity contribution in [1.82, 2.24) is 14.6 Å². The van der Waals surface area contributed by atoms with Crippen molar-refractivity contribution in [2.24, 2.45) is 0 Å². The van der Waals surface area contributed by atoms with Crippen LogP contribution in [0.4, 0.5) is 5.69 Å². The molecule has 0 atom stereocenters. The third-order valence-electron chi connectivity index (χ3n) is 2.81. The maximum absolute atomic E-state index is 5.94. The summed E-state index contributed by atoms with van der Waals surface area (Å²) in [5, 5.41) is 4.95. The van der Waals surface area contributed by atoms with Gasteiger partial charge in [-0.1, -0.05) is 35.9 Å². The minimum absolute atomic E-state index is 0.523. The summed E-state index contributed by atoms with van der Waals surface area (Å²) >= 11 is 5.94. The van der Waals surface area contributed by atoms with E-state index < -0.39 is 0 Å². The Morgan fingerprint density at radius 1 is 1.28 bits per heavy atom. The van der Waals surface area contributed by atoms with Gasteiger partial charge in [0.1, 0.15) is 0 Å². The SMILES string of the molecule is Cc1ccccc1-c1nc2c(N)cc(Cl)cn2n1. The highest BCUT2D eigenvalue weighted by molar-refractivity contribution is 6.30. The van der Waals surface area contributed by atoms with E-state index in [2.05, 4.69) is 10.1 Å². The molecule has 3 aromatic rings. The number of rotatable bonds is 1. The van der Waals surface area contributed by atoms with Crippen LogP contribution in [0.3, 0.4) is 0 Å². The lowest BCUT2D eigenvalue weighted by Gasteiger charge is -1.98. The monoisotopic (exact) mass is 258 g/mol. The molecule has 18 heavy (non-hydrogen) atoms. The summed E-state index contributed by atoms with van der Waals surface area (Å²) in [5.41, 5.74) is 9.14. The van der Waals surface area contributed by atoms with Gasteiger partial charge in [0.25, 0.3) is 0 Å². The van der Waals surface area contributed by atoms with Gasteiger partial charge in [-0.2, -0.15) is 0 Å². The first-order valence-corrected chi connectivity index (χ1v) is 5.90. The van der Waals surface area contributed by atoms with Gasteiger partial charge in [0.15, 0.2) is 11.5 Å². The highest BCUT2D eigenvalue weighted by Gasteiger charge is 2.10. The van der Waals surface area contributed by atoms with Crippen LogP contribution in [0.15, 0.2) is 36.5 Å². The van der Waals surface area contributed by atoms with E-state index in [1.54, 1.807) is 16.8 Å². The van der Waals surface area contributed by atoms with E-state index in [0.717, 1.165) is 11.1 Å². The summed E-state index contributed by atoms with van der Waals surface area (Å²) in [6, 6.07) is 9.64. The van der Waals surface area contributed by atoms with Crippen LogP contribution >= 0.6 is 11.6 Å². The molecule has 0 aliphatic rings. The summed E-state index contributed by atoms with van der Waals surface area (Å²) in [5.74, 6) is 0.655. The van der Waals surface area contributed by atoms with Crippen LogP contribution in [0, 0.1) is 6.92 Å². The summed E-state index contributed by atoms with van der Waals surface area (Å²) in [6.45, 7) is 2.03. The summed E-state index contributed by atoms with van der Waals surface area (Å²) < 4.78 is 1.61. The maximum atomic E-state index is 5.94. The van der Waals surface area contributed by atoms with Gasteiger partial charge in [-0.15, -0.1) is 5.10 Å². The number of hydrogen-bond acceptors (Lipinski definition) is 3. The molecule has 0 aliphatic heterocycles. The number of pyridine rings is 1. The van der Waals surface area contributed by atoms with Gasteiger partial charge in [0.05, 0.1) is 10.7 Å². The molecule has 0 unspecified atom stereocenters.